The number of hydrogen-bond acceptors (Lipinski definition) is 4. The molecule has 2 rings (SSSR count). The maximum absolute atomic E-state index is 11.6. The van der Waals surface area contributed by atoms with Gasteiger partial charge in [0, 0.05) is 26.1 Å². The molecule has 0 N–H and O–H groups in total. The molecule has 15 heavy (non-hydrogen) atoms. The van der Waals surface area contributed by atoms with Crippen molar-refractivity contribution in [2.75, 3.05) is 33.2 Å². The summed E-state index contributed by atoms with van der Waals surface area (Å²) in [6, 6.07) is 0. The predicted molar refractivity (Wildman–Crippen MR) is 63.9 cm³/mol. The number of hydrogen-bond donors (Lipinski definition) is 0. The first-order chi connectivity index (χ1) is 7.16. The van der Waals surface area contributed by atoms with Crippen molar-refractivity contribution in [3.05, 3.63) is 0 Å². The molecule has 2 aliphatic heterocycles. The van der Waals surface area contributed by atoms with Gasteiger partial charge in [-0.05, 0) is 26.4 Å². The Kier molecular flexibility index (Phi) is 3.38. The summed E-state index contributed by atoms with van der Waals surface area (Å²) in [5, 5.41) is 0.387. The van der Waals surface area contributed by atoms with Gasteiger partial charge in [-0.1, -0.05) is 18.7 Å². The van der Waals surface area contributed by atoms with Gasteiger partial charge in [0.25, 0.3) is 0 Å². The second-order valence-electron chi connectivity index (χ2n) is 4.53. The zero-order valence-corrected chi connectivity index (χ0v) is 10.5. The summed E-state index contributed by atoms with van der Waals surface area (Å²) in [7, 11) is 2.17. The highest BCUT2D eigenvalue weighted by atomic mass is 32.2. The number of rotatable bonds is 1. The molecule has 0 saturated carbocycles. The van der Waals surface area contributed by atoms with Gasteiger partial charge in [0.15, 0.2) is 5.12 Å². The maximum Gasteiger partial charge on any atom is 0.192 e. The second-order valence-corrected chi connectivity index (χ2v) is 5.95. The molecule has 0 aromatic heterocycles. The minimum absolute atomic E-state index is 0.126. The Labute approximate surface area is 96.2 Å². The van der Waals surface area contributed by atoms with Crippen LogP contribution in [-0.4, -0.2) is 53.0 Å². The molecule has 1 spiro atoms. The van der Waals surface area contributed by atoms with E-state index in [2.05, 4.69) is 23.8 Å². The molecule has 0 aromatic carbocycles. The predicted octanol–water partition coefficient (Wildman–Crippen LogP) is 1.39. The Morgan fingerprint density at radius 1 is 1.33 bits per heavy atom. The molecule has 0 unspecified atom stereocenters. The number of piperidine rings is 1. The minimum Gasteiger partial charge on any atom is -0.303 e. The third-order valence-corrected chi connectivity index (χ3v) is 5.27. The van der Waals surface area contributed by atoms with Crippen LogP contribution in [0.1, 0.15) is 26.2 Å². The Hall–Kier alpha value is -0.0600. The first-order valence-electron chi connectivity index (χ1n) is 5.82. The van der Waals surface area contributed by atoms with Crippen LogP contribution in [0.25, 0.3) is 0 Å². The summed E-state index contributed by atoms with van der Waals surface area (Å²) in [5.74, 6) is 0. The molecule has 4 heteroatoms. The van der Waals surface area contributed by atoms with Crippen LogP contribution in [0, 0.1) is 0 Å². The average molecular weight is 228 g/mol. The lowest BCUT2D eigenvalue weighted by Crippen LogP contribution is -2.54. The molecule has 2 aliphatic rings. The third-order valence-electron chi connectivity index (χ3n) is 3.74. The Bertz CT molecular complexity index is 249. The topological polar surface area (TPSA) is 23.6 Å². The Morgan fingerprint density at radius 3 is 2.60 bits per heavy atom. The molecule has 0 bridgehead atoms. The quantitative estimate of drug-likeness (QED) is 0.677. The van der Waals surface area contributed by atoms with Gasteiger partial charge in [-0.2, -0.15) is 0 Å². The van der Waals surface area contributed by atoms with E-state index in [4.69, 9.17) is 0 Å². The Morgan fingerprint density at radius 2 is 2.00 bits per heavy atom. The highest BCUT2D eigenvalue weighted by Crippen LogP contribution is 2.42. The molecule has 0 radical (unpaired) electrons. The standard InChI is InChI=1S/C11H20N2OS/c1-3-13-8-5-11(6-9-13)12(2)7-4-10(14)15-11/h3-9H2,1-2H3. The fourth-order valence-corrected chi connectivity index (χ4v) is 3.76. The number of carbonyl (C=O) groups excluding carboxylic acids is 1. The van der Waals surface area contributed by atoms with E-state index >= 15 is 0 Å². The molecule has 3 nitrogen and oxygen atoms in total. The Balaban J connectivity index is 2.03. The highest BCUT2D eigenvalue weighted by Gasteiger charge is 2.42. The minimum atomic E-state index is 0.126. The summed E-state index contributed by atoms with van der Waals surface area (Å²) in [6.07, 6.45) is 2.99. The van der Waals surface area contributed by atoms with Crippen molar-refractivity contribution >= 4 is 16.9 Å². The van der Waals surface area contributed by atoms with Crippen LogP contribution in [-0.2, 0) is 4.79 Å². The lowest BCUT2D eigenvalue weighted by molar-refractivity contribution is -0.112. The van der Waals surface area contributed by atoms with E-state index in [0.717, 1.165) is 45.4 Å². The third kappa shape index (κ3) is 2.22. The van der Waals surface area contributed by atoms with E-state index in [1.54, 1.807) is 11.8 Å². The molecule has 0 atom stereocenters. The summed E-state index contributed by atoms with van der Waals surface area (Å²) < 4.78 is 0. The number of carbonyl (C=O) groups is 1. The van der Waals surface area contributed by atoms with Crippen LogP contribution < -0.4 is 0 Å². The molecule has 0 aliphatic carbocycles. The van der Waals surface area contributed by atoms with Gasteiger partial charge >= 0.3 is 0 Å². The van der Waals surface area contributed by atoms with Gasteiger partial charge in [0.1, 0.15) is 0 Å². The number of likely N-dealkylation sites (tertiary alicyclic amines) is 1. The zero-order valence-electron chi connectivity index (χ0n) is 9.66. The summed E-state index contributed by atoms with van der Waals surface area (Å²) in [4.78, 5) is 16.5. The molecule has 2 heterocycles. The van der Waals surface area contributed by atoms with E-state index < -0.39 is 0 Å². The molecular weight excluding hydrogens is 208 g/mol. The van der Waals surface area contributed by atoms with Crippen molar-refractivity contribution in [2.24, 2.45) is 0 Å². The number of nitrogens with zero attached hydrogens (tertiary/aromatic N) is 2. The smallest absolute Gasteiger partial charge is 0.192 e. The van der Waals surface area contributed by atoms with Gasteiger partial charge < -0.3 is 4.90 Å². The van der Waals surface area contributed by atoms with E-state index in [0.29, 0.717) is 5.12 Å². The fraction of sp³-hybridized carbons (Fsp3) is 0.909. The second kappa shape index (κ2) is 4.44. The van der Waals surface area contributed by atoms with E-state index in [1.807, 2.05) is 0 Å². The van der Waals surface area contributed by atoms with Crippen molar-refractivity contribution < 1.29 is 4.79 Å². The summed E-state index contributed by atoms with van der Waals surface area (Å²) in [6.45, 7) is 6.57. The van der Waals surface area contributed by atoms with Crippen LogP contribution in [0.5, 0.6) is 0 Å². The lowest BCUT2D eigenvalue weighted by atomic mass is 10.0. The first-order valence-corrected chi connectivity index (χ1v) is 6.63. The molecule has 2 saturated heterocycles. The van der Waals surface area contributed by atoms with Crippen molar-refractivity contribution in [3.63, 3.8) is 0 Å². The zero-order chi connectivity index (χ0) is 10.9. The van der Waals surface area contributed by atoms with Gasteiger partial charge in [-0.3, -0.25) is 9.69 Å². The van der Waals surface area contributed by atoms with Crippen LogP contribution in [0.3, 0.4) is 0 Å². The van der Waals surface area contributed by atoms with Crippen LogP contribution >= 0.6 is 11.8 Å². The van der Waals surface area contributed by atoms with E-state index in [-0.39, 0.29) is 4.87 Å². The maximum atomic E-state index is 11.6. The molecular formula is C11H20N2OS. The first kappa shape index (κ1) is 11.4. The van der Waals surface area contributed by atoms with Crippen LogP contribution in [0.4, 0.5) is 0 Å². The van der Waals surface area contributed by atoms with E-state index in [9.17, 15) is 4.79 Å². The largest absolute Gasteiger partial charge is 0.303 e. The van der Waals surface area contributed by atoms with Gasteiger partial charge in [-0.25, -0.2) is 0 Å². The average Bonchev–Trinajstić information content (AvgIpc) is 2.25. The SMILES string of the molecule is CCN1CCC2(CC1)SC(=O)CCN2C. The van der Waals surface area contributed by atoms with Crippen molar-refractivity contribution in [1.29, 1.82) is 0 Å². The molecule has 0 amide bonds. The normalized spacial score (nSPS) is 28.5. The highest BCUT2D eigenvalue weighted by molar-refractivity contribution is 8.14. The van der Waals surface area contributed by atoms with Gasteiger partial charge in [0.2, 0.25) is 0 Å². The van der Waals surface area contributed by atoms with Gasteiger partial charge in [-0.15, -0.1) is 0 Å². The molecule has 2 fully saturated rings. The molecule has 86 valence electrons. The van der Waals surface area contributed by atoms with Crippen LogP contribution in [0.2, 0.25) is 0 Å². The van der Waals surface area contributed by atoms with Gasteiger partial charge in [0.05, 0.1) is 4.87 Å². The summed E-state index contributed by atoms with van der Waals surface area (Å²) in [5.41, 5.74) is 0. The van der Waals surface area contributed by atoms with Crippen molar-refractivity contribution in [1.82, 2.24) is 9.80 Å². The van der Waals surface area contributed by atoms with Crippen molar-refractivity contribution in [2.45, 2.75) is 31.1 Å². The monoisotopic (exact) mass is 228 g/mol. The fourth-order valence-electron chi connectivity index (χ4n) is 2.51. The molecule has 0 aromatic rings. The lowest BCUT2D eigenvalue weighted by Gasteiger charge is -2.48. The van der Waals surface area contributed by atoms with E-state index in [1.165, 1.54) is 0 Å². The summed E-state index contributed by atoms with van der Waals surface area (Å²) >= 11 is 1.59. The number of thioether (sulfide) groups is 1. The van der Waals surface area contributed by atoms with Crippen LogP contribution in [0.15, 0.2) is 0 Å². The van der Waals surface area contributed by atoms with Crippen molar-refractivity contribution in [3.8, 4) is 0 Å².